The van der Waals surface area contributed by atoms with Gasteiger partial charge in [0.25, 0.3) is 17.5 Å². The number of benzene rings is 1. The van der Waals surface area contributed by atoms with Gasteiger partial charge < -0.3 is 4.74 Å². The summed E-state index contributed by atoms with van der Waals surface area (Å²) in [4.78, 5) is 46.6. The largest absolute Gasteiger partial charge is 0.459 e. The fourth-order valence-corrected chi connectivity index (χ4v) is 2.00. The summed E-state index contributed by atoms with van der Waals surface area (Å²) >= 11 is 5.43. The zero-order valence-corrected chi connectivity index (χ0v) is 11.8. The van der Waals surface area contributed by atoms with E-state index in [1.165, 1.54) is 12.1 Å². The Morgan fingerprint density at radius 2 is 2.05 bits per heavy atom. The van der Waals surface area contributed by atoms with Crippen LogP contribution in [0.1, 0.15) is 20.7 Å². The smallest absolute Gasteiger partial charge is 0.326 e. The van der Waals surface area contributed by atoms with E-state index in [2.05, 4.69) is 11.3 Å². The number of nitrogens with zero attached hydrogens (tertiary/aromatic N) is 2. The number of nitro groups is 1. The van der Waals surface area contributed by atoms with E-state index in [0.717, 1.165) is 6.07 Å². The minimum Gasteiger partial charge on any atom is -0.459 e. The van der Waals surface area contributed by atoms with Crippen LogP contribution in [0.25, 0.3) is 0 Å². The van der Waals surface area contributed by atoms with Crippen molar-refractivity contribution in [2.24, 2.45) is 0 Å². The maximum atomic E-state index is 12.2. The SMILES string of the molecule is C=C(Cl)COC(=O)CN1C(=O)c2cccc([N+](=O)[O-])c2C1=O. The van der Waals surface area contributed by atoms with E-state index in [4.69, 9.17) is 11.6 Å². The highest BCUT2D eigenvalue weighted by atomic mass is 35.5. The molecule has 0 aliphatic carbocycles. The molecule has 1 aromatic carbocycles. The average Bonchev–Trinajstić information content (AvgIpc) is 2.70. The summed E-state index contributed by atoms with van der Waals surface area (Å²) in [7, 11) is 0. The molecule has 0 atom stereocenters. The van der Waals surface area contributed by atoms with Crippen molar-refractivity contribution in [1.29, 1.82) is 0 Å². The maximum absolute atomic E-state index is 12.2. The highest BCUT2D eigenvalue weighted by Gasteiger charge is 2.41. The Kier molecular flexibility index (Phi) is 4.22. The molecule has 2 amide bonds. The molecular weight excluding hydrogens is 316 g/mol. The number of rotatable bonds is 5. The molecule has 1 aromatic rings. The van der Waals surface area contributed by atoms with Gasteiger partial charge in [0.05, 0.1) is 10.5 Å². The van der Waals surface area contributed by atoms with Crippen LogP contribution in [0.4, 0.5) is 5.69 Å². The molecule has 0 aromatic heterocycles. The number of hydrogen-bond donors (Lipinski definition) is 0. The molecule has 0 N–H and O–H groups in total. The number of amides is 2. The van der Waals surface area contributed by atoms with Gasteiger partial charge in [-0.05, 0) is 6.07 Å². The second kappa shape index (κ2) is 5.94. The summed E-state index contributed by atoms with van der Waals surface area (Å²) in [5.74, 6) is -2.57. The van der Waals surface area contributed by atoms with Crippen LogP contribution in [0.15, 0.2) is 29.8 Å². The molecule has 1 aliphatic rings. The van der Waals surface area contributed by atoms with Gasteiger partial charge >= 0.3 is 5.97 Å². The van der Waals surface area contributed by atoms with Crippen molar-refractivity contribution in [3.63, 3.8) is 0 Å². The highest BCUT2D eigenvalue weighted by molar-refractivity contribution is 6.29. The number of esters is 1. The third-order valence-electron chi connectivity index (χ3n) is 2.85. The highest BCUT2D eigenvalue weighted by Crippen LogP contribution is 2.30. The molecule has 8 nitrogen and oxygen atoms in total. The molecule has 22 heavy (non-hydrogen) atoms. The number of nitro benzene ring substituents is 1. The van der Waals surface area contributed by atoms with E-state index in [9.17, 15) is 24.5 Å². The van der Waals surface area contributed by atoms with Crippen LogP contribution in [0, 0.1) is 10.1 Å². The van der Waals surface area contributed by atoms with Gasteiger partial charge in [-0.2, -0.15) is 0 Å². The van der Waals surface area contributed by atoms with Gasteiger partial charge in [-0.1, -0.05) is 24.2 Å². The first-order valence-electron chi connectivity index (χ1n) is 5.95. The molecular formula is C13H9ClN2O6. The molecule has 0 fully saturated rings. The molecule has 0 saturated carbocycles. The number of halogens is 1. The van der Waals surface area contributed by atoms with E-state index >= 15 is 0 Å². The lowest BCUT2D eigenvalue weighted by Gasteiger charge is -2.12. The molecule has 0 unspecified atom stereocenters. The summed E-state index contributed by atoms with van der Waals surface area (Å²) in [5.41, 5.74) is -0.929. The monoisotopic (exact) mass is 324 g/mol. The Labute approximate surface area is 129 Å². The van der Waals surface area contributed by atoms with E-state index in [-0.39, 0.29) is 22.8 Å². The lowest BCUT2D eigenvalue weighted by Crippen LogP contribution is -2.35. The predicted octanol–water partition coefficient (Wildman–Crippen LogP) is 1.49. The average molecular weight is 325 g/mol. The zero-order valence-electron chi connectivity index (χ0n) is 11.1. The topological polar surface area (TPSA) is 107 Å². The third kappa shape index (κ3) is 2.82. The number of imide groups is 1. The summed E-state index contributed by atoms with van der Waals surface area (Å²) in [5, 5.41) is 11.0. The van der Waals surface area contributed by atoms with Gasteiger partial charge in [0.15, 0.2) is 0 Å². The van der Waals surface area contributed by atoms with Crippen LogP contribution in [0.2, 0.25) is 0 Å². The van der Waals surface area contributed by atoms with Crippen molar-refractivity contribution >= 4 is 35.1 Å². The van der Waals surface area contributed by atoms with Crippen LogP contribution in [-0.4, -0.2) is 40.8 Å². The lowest BCUT2D eigenvalue weighted by atomic mass is 10.1. The van der Waals surface area contributed by atoms with Crippen molar-refractivity contribution in [1.82, 2.24) is 4.90 Å². The summed E-state index contributed by atoms with van der Waals surface area (Å²) in [6.45, 7) is 2.40. The fraction of sp³-hybridized carbons (Fsp3) is 0.154. The minimum atomic E-state index is -0.908. The normalized spacial score (nSPS) is 13.0. The summed E-state index contributed by atoms with van der Waals surface area (Å²) in [6, 6.07) is 3.69. The Bertz CT molecular complexity index is 714. The molecule has 0 radical (unpaired) electrons. The predicted molar refractivity (Wildman–Crippen MR) is 74.4 cm³/mol. The van der Waals surface area contributed by atoms with Crippen LogP contribution in [0.3, 0.4) is 0 Å². The van der Waals surface area contributed by atoms with E-state index < -0.39 is 34.9 Å². The maximum Gasteiger partial charge on any atom is 0.326 e. The molecule has 9 heteroatoms. The van der Waals surface area contributed by atoms with E-state index in [1.54, 1.807) is 0 Å². The van der Waals surface area contributed by atoms with Crippen LogP contribution < -0.4 is 0 Å². The van der Waals surface area contributed by atoms with Gasteiger partial charge in [-0.25, -0.2) is 0 Å². The molecule has 0 bridgehead atoms. The van der Waals surface area contributed by atoms with Crippen molar-refractivity contribution < 1.29 is 24.0 Å². The first-order chi connectivity index (χ1) is 10.3. The van der Waals surface area contributed by atoms with Crippen molar-refractivity contribution in [3.8, 4) is 0 Å². The summed E-state index contributed by atoms with van der Waals surface area (Å²) < 4.78 is 4.69. The van der Waals surface area contributed by atoms with Crippen LogP contribution >= 0.6 is 11.6 Å². The fourth-order valence-electron chi connectivity index (χ4n) is 1.94. The van der Waals surface area contributed by atoms with Crippen LogP contribution in [0.5, 0.6) is 0 Å². The Balaban J connectivity index is 2.24. The Morgan fingerprint density at radius 1 is 1.36 bits per heavy atom. The van der Waals surface area contributed by atoms with Crippen LogP contribution in [-0.2, 0) is 9.53 Å². The minimum absolute atomic E-state index is 0.0753. The van der Waals surface area contributed by atoms with Crippen molar-refractivity contribution in [2.75, 3.05) is 13.2 Å². The second-order valence-corrected chi connectivity index (χ2v) is 4.87. The number of hydrogen-bond acceptors (Lipinski definition) is 6. The van der Waals surface area contributed by atoms with Gasteiger partial charge in [-0.15, -0.1) is 0 Å². The number of carbonyl (C=O) groups excluding carboxylic acids is 3. The van der Waals surface area contributed by atoms with Gasteiger partial charge in [-0.3, -0.25) is 29.4 Å². The quantitative estimate of drug-likeness (QED) is 0.351. The molecule has 0 spiro atoms. The Hall–Kier alpha value is -2.74. The molecule has 0 saturated heterocycles. The first-order valence-corrected chi connectivity index (χ1v) is 6.33. The lowest BCUT2D eigenvalue weighted by molar-refractivity contribution is -0.385. The number of fused-ring (bicyclic) bond motifs is 1. The molecule has 1 aliphatic heterocycles. The molecule has 2 rings (SSSR count). The second-order valence-electron chi connectivity index (χ2n) is 4.33. The third-order valence-corrected chi connectivity index (χ3v) is 2.96. The standard InChI is InChI=1S/C13H9ClN2O6/c1-7(14)6-22-10(17)5-15-12(18)8-3-2-4-9(16(20)21)11(8)13(15)19/h2-4H,1,5-6H2. The number of carbonyl (C=O) groups is 3. The van der Waals surface area contributed by atoms with E-state index in [0.29, 0.717) is 4.90 Å². The van der Waals surface area contributed by atoms with Gasteiger partial charge in [0.2, 0.25) is 0 Å². The van der Waals surface area contributed by atoms with Crippen molar-refractivity contribution in [3.05, 3.63) is 51.1 Å². The van der Waals surface area contributed by atoms with Gasteiger partial charge in [0, 0.05) is 11.1 Å². The summed E-state index contributed by atoms with van der Waals surface area (Å²) in [6.07, 6.45) is 0. The number of ether oxygens (including phenoxy) is 1. The van der Waals surface area contributed by atoms with Gasteiger partial charge in [0.1, 0.15) is 18.7 Å². The zero-order chi connectivity index (χ0) is 16.4. The Morgan fingerprint density at radius 3 is 2.64 bits per heavy atom. The first kappa shape index (κ1) is 15.6. The molecule has 1 heterocycles. The molecule has 114 valence electrons. The van der Waals surface area contributed by atoms with E-state index in [1.807, 2.05) is 0 Å². The van der Waals surface area contributed by atoms with Crippen molar-refractivity contribution in [2.45, 2.75) is 0 Å².